The van der Waals surface area contributed by atoms with Gasteiger partial charge in [-0.15, -0.1) is 0 Å². The van der Waals surface area contributed by atoms with Gasteiger partial charge in [0.1, 0.15) is 0 Å². The third-order valence-electron chi connectivity index (χ3n) is 4.02. The Balaban J connectivity index is 2.35. The van der Waals surface area contributed by atoms with Crippen LogP contribution in [0.15, 0.2) is 0 Å². The van der Waals surface area contributed by atoms with Crippen molar-refractivity contribution in [3.05, 3.63) is 0 Å². The van der Waals surface area contributed by atoms with Crippen LogP contribution in [-0.2, 0) is 4.43 Å². The van der Waals surface area contributed by atoms with Gasteiger partial charge in [-0.05, 0) is 30.5 Å². The van der Waals surface area contributed by atoms with Crippen molar-refractivity contribution in [2.45, 2.75) is 51.4 Å². The van der Waals surface area contributed by atoms with Crippen molar-refractivity contribution in [3.63, 3.8) is 0 Å². The molecule has 0 aromatic carbocycles. The van der Waals surface area contributed by atoms with Crippen molar-refractivity contribution < 1.29 is 9.53 Å². The van der Waals surface area contributed by atoms with Crippen LogP contribution in [0.5, 0.6) is 0 Å². The molecule has 1 fully saturated rings. The van der Waals surface area contributed by atoms with Crippen molar-refractivity contribution in [2.24, 2.45) is 5.92 Å². The van der Waals surface area contributed by atoms with E-state index in [4.69, 9.17) is 9.53 Å². The van der Waals surface area contributed by atoms with E-state index in [1.165, 1.54) is 0 Å². The SMILES string of the molecule is CC(C)(C)[Si](C)(C)OC[C@H]1CN[C@H](CO)C1. The molecule has 0 aromatic heterocycles. The molecule has 0 amide bonds. The topological polar surface area (TPSA) is 41.5 Å². The Kier molecular flexibility index (Phi) is 4.57. The maximum atomic E-state index is 9.05. The minimum Gasteiger partial charge on any atom is -0.416 e. The summed E-state index contributed by atoms with van der Waals surface area (Å²) in [5.41, 5.74) is 0. The highest BCUT2D eigenvalue weighted by atomic mass is 28.4. The maximum Gasteiger partial charge on any atom is 0.191 e. The summed E-state index contributed by atoms with van der Waals surface area (Å²) in [5.74, 6) is 0.575. The van der Waals surface area contributed by atoms with E-state index in [2.05, 4.69) is 39.2 Å². The van der Waals surface area contributed by atoms with Gasteiger partial charge in [0.25, 0.3) is 0 Å². The Bertz CT molecular complexity index is 226. The average molecular weight is 245 g/mol. The molecule has 4 heteroatoms. The lowest BCUT2D eigenvalue weighted by molar-refractivity contribution is 0.224. The number of aliphatic hydroxyl groups excluding tert-OH is 1. The van der Waals surface area contributed by atoms with Crippen molar-refractivity contribution >= 4 is 8.32 Å². The van der Waals surface area contributed by atoms with Crippen LogP contribution in [0, 0.1) is 5.92 Å². The average Bonchev–Trinajstić information content (AvgIpc) is 2.60. The molecular formula is C12H27NO2Si. The third-order valence-corrected chi connectivity index (χ3v) is 8.52. The molecule has 0 unspecified atom stereocenters. The van der Waals surface area contributed by atoms with E-state index in [0.717, 1.165) is 19.6 Å². The van der Waals surface area contributed by atoms with Crippen LogP contribution in [0.1, 0.15) is 27.2 Å². The molecule has 2 N–H and O–H groups in total. The van der Waals surface area contributed by atoms with Crippen LogP contribution in [-0.4, -0.2) is 39.2 Å². The summed E-state index contributed by atoms with van der Waals surface area (Å²) in [7, 11) is -1.59. The lowest BCUT2D eigenvalue weighted by Gasteiger charge is -2.36. The van der Waals surface area contributed by atoms with Gasteiger partial charge >= 0.3 is 0 Å². The van der Waals surface area contributed by atoms with Crippen LogP contribution >= 0.6 is 0 Å². The Morgan fingerprint density at radius 2 is 2.00 bits per heavy atom. The van der Waals surface area contributed by atoms with Crippen LogP contribution in [0.4, 0.5) is 0 Å². The smallest absolute Gasteiger partial charge is 0.191 e. The van der Waals surface area contributed by atoms with E-state index in [1.54, 1.807) is 0 Å². The first-order valence-electron chi connectivity index (χ1n) is 6.24. The molecule has 3 nitrogen and oxygen atoms in total. The molecular weight excluding hydrogens is 218 g/mol. The number of aliphatic hydroxyl groups is 1. The third kappa shape index (κ3) is 3.55. The molecule has 0 aliphatic carbocycles. The van der Waals surface area contributed by atoms with Crippen LogP contribution in [0.2, 0.25) is 18.1 Å². The van der Waals surface area contributed by atoms with Gasteiger partial charge in [0.2, 0.25) is 0 Å². The van der Waals surface area contributed by atoms with E-state index < -0.39 is 8.32 Å². The quantitative estimate of drug-likeness (QED) is 0.744. The summed E-state index contributed by atoms with van der Waals surface area (Å²) in [6.45, 7) is 13.5. The first kappa shape index (κ1) is 14.2. The van der Waals surface area contributed by atoms with E-state index in [0.29, 0.717) is 5.92 Å². The molecule has 0 radical (unpaired) electrons. The standard InChI is InChI=1S/C12H27NO2Si/c1-12(2,3)16(4,5)15-9-10-6-11(8-14)13-7-10/h10-11,13-14H,6-9H2,1-5H3/t10-,11+/m1/s1. The minimum atomic E-state index is -1.59. The zero-order valence-corrected chi connectivity index (χ0v) is 12.3. The Labute approximate surface area is 101 Å². The zero-order chi connectivity index (χ0) is 12.4. The fourth-order valence-corrected chi connectivity index (χ4v) is 2.80. The van der Waals surface area contributed by atoms with Gasteiger partial charge < -0.3 is 14.8 Å². The molecule has 96 valence electrons. The number of rotatable bonds is 4. The Hall–Kier alpha value is 0.0969. The van der Waals surface area contributed by atoms with Crippen molar-refractivity contribution in [1.82, 2.24) is 5.32 Å². The van der Waals surface area contributed by atoms with E-state index >= 15 is 0 Å². The number of hydrogen-bond acceptors (Lipinski definition) is 3. The van der Waals surface area contributed by atoms with Crippen molar-refractivity contribution in [2.75, 3.05) is 19.8 Å². The monoisotopic (exact) mass is 245 g/mol. The Morgan fingerprint density at radius 3 is 2.44 bits per heavy atom. The summed E-state index contributed by atoms with van der Waals surface area (Å²) >= 11 is 0. The second-order valence-electron chi connectivity index (χ2n) is 6.46. The fraction of sp³-hybridized carbons (Fsp3) is 1.00. The first-order chi connectivity index (χ1) is 7.26. The Morgan fingerprint density at radius 1 is 1.38 bits per heavy atom. The van der Waals surface area contributed by atoms with Gasteiger partial charge in [-0.25, -0.2) is 0 Å². The lowest BCUT2D eigenvalue weighted by Crippen LogP contribution is -2.42. The minimum absolute atomic E-state index is 0.247. The van der Waals surface area contributed by atoms with Crippen molar-refractivity contribution in [1.29, 1.82) is 0 Å². The molecule has 1 rings (SSSR count). The highest BCUT2D eigenvalue weighted by Crippen LogP contribution is 2.37. The lowest BCUT2D eigenvalue weighted by atomic mass is 10.1. The largest absolute Gasteiger partial charge is 0.416 e. The van der Waals surface area contributed by atoms with Crippen molar-refractivity contribution in [3.8, 4) is 0 Å². The molecule has 0 saturated carbocycles. The van der Waals surface area contributed by atoms with Gasteiger partial charge in [-0.1, -0.05) is 20.8 Å². The molecule has 1 heterocycles. The predicted octanol–water partition coefficient (Wildman–Crippen LogP) is 1.98. The molecule has 0 bridgehead atoms. The summed E-state index contributed by atoms with van der Waals surface area (Å²) in [4.78, 5) is 0. The predicted molar refractivity (Wildman–Crippen MR) is 70.1 cm³/mol. The zero-order valence-electron chi connectivity index (χ0n) is 11.3. The number of hydrogen-bond donors (Lipinski definition) is 2. The molecule has 2 atom stereocenters. The maximum absolute atomic E-state index is 9.05. The fourth-order valence-electron chi connectivity index (χ4n) is 1.71. The molecule has 16 heavy (non-hydrogen) atoms. The second kappa shape index (κ2) is 5.17. The number of nitrogens with one attached hydrogen (secondary N) is 1. The summed E-state index contributed by atoms with van der Waals surface area (Å²) in [5, 5.41) is 12.7. The second-order valence-corrected chi connectivity index (χ2v) is 11.3. The van der Waals surface area contributed by atoms with Gasteiger partial charge in [-0.3, -0.25) is 0 Å². The highest BCUT2D eigenvalue weighted by Gasteiger charge is 2.38. The summed E-state index contributed by atoms with van der Waals surface area (Å²) in [6, 6.07) is 0.285. The van der Waals surface area contributed by atoms with Gasteiger partial charge in [0.05, 0.1) is 6.61 Å². The van der Waals surface area contributed by atoms with Crippen LogP contribution < -0.4 is 5.32 Å². The van der Waals surface area contributed by atoms with E-state index in [1.807, 2.05) is 0 Å². The van der Waals surface area contributed by atoms with Gasteiger partial charge in [0, 0.05) is 19.2 Å². The van der Waals surface area contributed by atoms with Gasteiger partial charge in [0.15, 0.2) is 8.32 Å². The first-order valence-corrected chi connectivity index (χ1v) is 9.15. The molecule has 1 aliphatic heterocycles. The van der Waals surface area contributed by atoms with Crippen LogP contribution in [0.25, 0.3) is 0 Å². The normalized spacial score (nSPS) is 27.4. The van der Waals surface area contributed by atoms with Crippen LogP contribution in [0.3, 0.4) is 0 Å². The van der Waals surface area contributed by atoms with E-state index in [9.17, 15) is 0 Å². The summed E-state index contributed by atoms with van der Waals surface area (Å²) in [6.07, 6.45) is 1.05. The molecule has 0 aromatic rings. The summed E-state index contributed by atoms with van der Waals surface area (Å²) < 4.78 is 6.19. The van der Waals surface area contributed by atoms with Gasteiger partial charge in [-0.2, -0.15) is 0 Å². The molecule has 1 aliphatic rings. The highest BCUT2D eigenvalue weighted by molar-refractivity contribution is 6.74. The van der Waals surface area contributed by atoms with E-state index in [-0.39, 0.29) is 17.7 Å². The molecule has 0 spiro atoms. The molecule has 1 saturated heterocycles.